The molecule has 0 saturated heterocycles. The van der Waals surface area contributed by atoms with Crippen molar-refractivity contribution in [2.45, 2.75) is 6.61 Å². The van der Waals surface area contributed by atoms with E-state index in [4.69, 9.17) is 4.74 Å². The van der Waals surface area contributed by atoms with Crippen molar-refractivity contribution < 1.29 is 9.84 Å². The third-order valence-corrected chi connectivity index (χ3v) is 3.86. The van der Waals surface area contributed by atoms with E-state index >= 15 is 0 Å². The maximum absolute atomic E-state index is 9.74. The lowest BCUT2D eigenvalue weighted by molar-refractivity contribution is 0.308. The van der Waals surface area contributed by atoms with Crippen LogP contribution < -0.4 is 4.74 Å². The molecule has 2 nitrogen and oxygen atoms in total. The molecule has 3 heteroatoms. The van der Waals surface area contributed by atoms with Crippen molar-refractivity contribution in [2.75, 3.05) is 0 Å². The van der Waals surface area contributed by atoms with Crippen molar-refractivity contribution in [3.63, 3.8) is 0 Å². The minimum atomic E-state index is 0.337. The smallest absolute Gasteiger partial charge is 0.133 e. The van der Waals surface area contributed by atoms with Crippen molar-refractivity contribution in [1.29, 1.82) is 0 Å². The second-order valence-electron chi connectivity index (χ2n) is 4.02. The Balaban J connectivity index is 1.85. The van der Waals surface area contributed by atoms with E-state index in [1.807, 2.05) is 47.8 Å². The molecule has 1 N–H and O–H groups in total. The highest BCUT2D eigenvalue weighted by molar-refractivity contribution is 7.17. The zero-order valence-corrected chi connectivity index (χ0v) is 10.5. The summed E-state index contributed by atoms with van der Waals surface area (Å²) in [5.74, 6) is 1.19. The number of phenols is 1. The van der Waals surface area contributed by atoms with Gasteiger partial charge in [0.1, 0.15) is 18.1 Å². The van der Waals surface area contributed by atoms with Crippen molar-refractivity contribution in [1.82, 2.24) is 0 Å². The summed E-state index contributed by atoms with van der Waals surface area (Å²) in [7, 11) is 0. The van der Waals surface area contributed by atoms with Crippen LogP contribution in [-0.2, 0) is 6.61 Å². The van der Waals surface area contributed by atoms with Crippen LogP contribution >= 0.6 is 11.3 Å². The number of benzene rings is 2. The summed E-state index contributed by atoms with van der Waals surface area (Å²) in [6.07, 6.45) is 0. The molecule has 3 aromatic rings. The first-order chi connectivity index (χ1) is 8.84. The first-order valence-electron chi connectivity index (χ1n) is 5.70. The third-order valence-electron chi connectivity index (χ3n) is 2.80. The van der Waals surface area contributed by atoms with E-state index in [1.165, 1.54) is 0 Å². The molecule has 0 spiro atoms. The van der Waals surface area contributed by atoms with Crippen LogP contribution in [0.3, 0.4) is 0 Å². The standard InChI is InChI=1S/C15H12O2S/c16-14-8-4-7-13-11(10-18-15(13)14)9-17-12-5-2-1-3-6-12/h1-8,10,16H,9H2. The van der Waals surface area contributed by atoms with Crippen LogP contribution in [0, 0.1) is 0 Å². The van der Waals surface area contributed by atoms with Gasteiger partial charge in [-0.15, -0.1) is 11.3 Å². The number of hydrogen-bond acceptors (Lipinski definition) is 3. The lowest BCUT2D eigenvalue weighted by Gasteiger charge is -2.05. The molecule has 0 aliphatic heterocycles. The fraction of sp³-hybridized carbons (Fsp3) is 0.0667. The van der Waals surface area contributed by atoms with Gasteiger partial charge in [0.2, 0.25) is 0 Å². The Morgan fingerprint density at radius 1 is 1.00 bits per heavy atom. The van der Waals surface area contributed by atoms with E-state index in [2.05, 4.69) is 0 Å². The topological polar surface area (TPSA) is 29.5 Å². The van der Waals surface area contributed by atoms with Crippen molar-refractivity contribution in [3.05, 3.63) is 59.5 Å². The fourth-order valence-electron chi connectivity index (χ4n) is 1.88. The fourth-order valence-corrected chi connectivity index (χ4v) is 2.85. The highest BCUT2D eigenvalue weighted by atomic mass is 32.1. The molecule has 0 amide bonds. The lowest BCUT2D eigenvalue weighted by Crippen LogP contribution is -1.93. The molecule has 0 saturated carbocycles. The van der Waals surface area contributed by atoms with Gasteiger partial charge in [-0.25, -0.2) is 0 Å². The Kier molecular flexibility index (Phi) is 2.90. The van der Waals surface area contributed by atoms with Crippen LogP contribution in [0.25, 0.3) is 10.1 Å². The first kappa shape index (κ1) is 11.1. The van der Waals surface area contributed by atoms with Crippen molar-refractivity contribution in [2.24, 2.45) is 0 Å². The van der Waals surface area contributed by atoms with Crippen LogP contribution in [0.15, 0.2) is 53.9 Å². The van der Waals surface area contributed by atoms with Crippen LogP contribution in [-0.4, -0.2) is 5.11 Å². The Labute approximate surface area is 109 Å². The average molecular weight is 256 g/mol. The minimum Gasteiger partial charge on any atom is -0.506 e. The number of fused-ring (bicyclic) bond motifs is 1. The SMILES string of the molecule is Oc1cccc2c(COc3ccccc3)csc12. The van der Waals surface area contributed by atoms with Crippen molar-refractivity contribution >= 4 is 21.4 Å². The monoisotopic (exact) mass is 256 g/mol. The summed E-state index contributed by atoms with van der Waals surface area (Å²) in [5, 5.41) is 12.8. The second kappa shape index (κ2) is 4.70. The van der Waals surface area contributed by atoms with Gasteiger partial charge in [-0.1, -0.05) is 30.3 Å². The Hall–Kier alpha value is -2.00. The second-order valence-corrected chi connectivity index (χ2v) is 4.90. The first-order valence-corrected chi connectivity index (χ1v) is 6.58. The quantitative estimate of drug-likeness (QED) is 0.761. The van der Waals surface area contributed by atoms with E-state index in [0.717, 1.165) is 21.4 Å². The van der Waals surface area contributed by atoms with E-state index in [9.17, 15) is 5.11 Å². The molecule has 0 bridgehead atoms. The third kappa shape index (κ3) is 2.05. The van der Waals surface area contributed by atoms with Gasteiger partial charge < -0.3 is 9.84 Å². The predicted molar refractivity (Wildman–Crippen MR) is 74.3 cm³/mol. The number of hydrogen-bond donors (Lipinski definition) is 1. The molecule has 0 atom stereocenters. The highest BCUT2D eigenvalue weighted by Gasteiger charge is 2.07. The number of rotatable bonds is 3. The Morgan fingerprint density at radius 2 is 1.83 bits per heavy atom. The van der Waals surface area contributed by atoms with Gasteiger partial charge in [0.25, 0.3) is 0 Å². The maximum atomic E-state index is 9.74. The summed E-state index contributed by atoms with van der Waals surface area (Å²) in [6, 6.07) is 15.3. The van der Waals surface area contributed by atoms with Gasteiger partial charge in [-0.2, -0.15) is 0 Å². The zero-order chi connectivity index (χ0) is 12.4. The van der Waals surface area contributed by atoms with Crippen LogP contribution in [0.1, 0.15) is 5.56 Å². The molecule has 0 fully saturated rings. The number of thiophene rings is 1. The van der Waals surface area contributed by atoms with Gasteiger partial charge in [0.15, 0.2) is 0 Å². The van der Waals surface area contributed by atoms with Gasteiger partial charge in [0, 0.05) is 10.9 Å². The molecular weight excluding hydrogens is 244 g/mol. The maximum Gasteiger partial charge on any atom is 0.133 e. The van der Waals surface area contributed by atoms with Gasteiger partial charge in [-0.3, -0.25) is 0 Å². The molecule has 0 unspecified atom stereocenters. The number of para-hydroxylation sites is 1. The van der Waals surface area contributed by atoms with E-state index < -0.39 is 0 Å². The summed E-state index contributed by atoms with van der Waals surface area (Å²) >= 11 is 1.55. The zero-order valence-electron chi connectivity index (χ0n) is 9.67. The van der Waals surface area contributed by atoms with Gasteiger partial charge >= 0.3 is 0 Å². The summed E-state index contributed by atoms with van der Waals surface area (Å²) < 4.78 is 6.64. The number of phenolic OH excluding ortho intramolecular Hbond substituents is 1. The van der Waals surface area contributed by atoms with E-state index in [0.29, 0.717) is 12.4 Å². The average Bonchev–Trinajstić information content (AvgIpc) is 2.82. The number of ether oxygens (including phenoxy) is 1. The summed E-state index contributed by atoms with van der Waals surface area (Å²) in [6.45, 7) is 0.521. The highest BCUT2D eigenvalue weighted by Crippen LogP contribution is 2.33. The molecule has 0 aliphatic rings. The molecule has 0 aliphatic carbocycles. The minimum absolute atomic E-state index is 0.337. The van der Waals surface area contributed by atoms with Crippen LogP contribution in [0.4, 0.5) is 0 Å². The van der Waals surface area contributed by atoms with E-state index in [-0.39, 0.29) is 0 Å². The molecule has 1 aromatic heterocycles. The molecule has 2 aromatic carbocycles. The molecular formula is C15H12O2S. The van der Waals surface area contributed by atoms with Crippen molar-refractivity contribution in [3.8, 4) is 11.5 Å². The normalized spacial score (nSPS) is 10.7. The van der Waals surface area contributed by atoms with Crippen LogP contribution in [0.5, 0.6) is 11.5 Å². The Bertz CT molecular complexity index is 659. The molecule has 0 radical (unpaired) electrons. The molecule has 18 heavy (non-hydrogen) atoms. The van der Waals surface area contributed by atoms with Gasteiger partial charge in [-0.05, 0) is 23.6 Å². The predicted octanol–water partition coefficient (Wildman–Crippen LogP) is 4.19. The lowest BCUT2D eigenvalue weighted by atomic mass is 10.2. The van der Waals surface area contributed by atoms with E-state index in [1.54, 1.807) is 17.4 Å². The van der Waals surface area contributed by atoms with Crippen LogP contribution in [0.2, 0.25) is 0 Å². The largest absolute Gasteiger partial charge is 0.506 e. The molecule has 90 valence electrons. The summed E-state index contributed by atoms with van der Waals surface area (Å²) in [4.78, 5) is 0. The molecule has 1 heterocycles. The number of aromatic hydroxyl groups is 1. The molecule has 3 rings (SSSR count). The Morgan fingerprint density at radius 3 is 2.67 bits per heavy atom. The summed E-state index contributed by atoms with van der Waals surface area (Å²) in [5.41, 5.74) is 1.11. The van der Waals surface area contributed by atoms with Gasteiger partial charge in [0.05, 0.1) is 4.70 Å².